The van der Waals surface area contributed by atoms with E-state index in [4.69, 9.17) is 14.2 Å². The van der Waals surface area contributed by atoms with Crippen LogP contribution in [0.1, 0.15) is 30.5 Å². The van der Waals surface area contributed by atoms with Crippen molar-refractivity contribution in [1.82, 2.24) is 20.1 Å². The molecule has 2 aromatic carbocycles. The highest BCUT2D eigenvalue weighted by atomic mass is 19.1. The van der Waals surface area contributed by atoms with Gasteiger partial charge in [-0.25, -0.2) is 14.2 Å². The first-order valence-electron chi connectivity index (χ1n) is 12.9. The Hall–Kier alpha value is -3.70. The second-order valence-corrected chi connectivity index (χ2v) is 9.31. The van der Waals surface area contributed by atoms with Gasteiger partial charge in [-0.15, -0.1) is 0 Å². The van der Waals surface area contributed by atoms with Crippen LogP contribution in [-0.4, -0.2) is 91.7 Å². The molecule has 1 fully saturated rings. The quantitative estimate of drug-likeness (QED) is 0.569. The lowest BCUT2D eigenvalue weighted by atomic mass is 9.97. The fourth-order valence-electron chi connectivity index (χ4n) is 4.82. The topological polar surface area (TPSA) is 95.9 Å². The molecule has 11 heteroatoms. The molecule has 2 aromatic rings. The van der Waals surface area contributed by atoms with Gasteiger partial charge in [0, 0.05) is 44.7 Å². The SMILES string of the molecule is CCNC(=O)N(CCN1CCOCC1)CC(=O)N1N=C(c2ccccc2F)CC1c1ccc2c(c1)OCO2. The van der Waals surface area contributed by atoms with Crippen LogP contribution in [-0.2, 0) is 9.53 Å². The summed E-state index contributed by atoms with van der Waals surface area (Å²) in [7, 11) is 0. The van der Waals surface area contributed by atoms with Gasteiger partial charge in [-0.1, -0.05) is 24.3 Å². The van der Waals surface area contributed by atoms with Crippen molar-refractivity contribution < 1.29 is 28.2 Å². The first-order chi connectivity index (χ1) is 18.5. The van der Waals surface area contributed by atoms with Crippen LogP contribution in [0.25, 0.3) is 0 Å². The summed E-state index contributed by atoms with van der Waals surface area (Å²) in [6.45, 7) is 6.13. The fraction of sp³-hybridized carbons (Fsp3) is 0.444. The van der Waals surface area contributed by atoms with Crippen molar-refractivity contribution >= 4 is 17.6 Å². The van der Waals surface area contributed by atoms with E-state index in [0.29, 0.717) is 62.0 Å². The molecule has 5 rings (SSSR count). The lowest BCUT2D eigenvalue weighted by molar-refractivity contribution is -0.133. The average Bonchev–Trinajstić information content (AvgIpc) is 3.59. The molecule has 1 unspecified atom stereocenters. The molecule has 3 aliphatic heterocycles. The highest BCUT2D eigenvalue weighted by Gasteiger charge is 2.36. The van der Waals surface area contributed by atoms with Crippen molar-refractivity contribution in [2.75, 3.05) is 59.3 Å². The molecule has 0 aliphatic carbocycles. The summed E-state index contributed by atoms with van der Waals surface area (Å²) in [6.07, 6.45) is 0.321. The molecule has 0 aromatic heterocycles. The van der Waals surface area contributed by atoms with Crippen LogP contribution in [0.5, 0.6) is 11.5 Å². The molecule has 3 aliphatic rings. The van der Waals surface area contributed by atoms with Crippen LogP contribution in [0.15, 0.2) is 47.6 Å². The van der Waals surface area contributed by atoms with Gasteiger partial charge < -0.3 is 24.4 Å². The summed E-state index contributed by atoms with van der Waals surface area (Å²) in [5.74, 6) is 0.459. The number of ether oxygens (including phenoxy) is 3. The second-order valence-electron chi connectivity index (χ2n) is 9.31. The molecule has 3 heterocycles. The Labute approximate surface area is 220 Å². The molecule has 0 radical (unpaired) electrons. The number of nitrogens with one attached hydrogen (secondary N) is 1. The van der Waals surface area contributed by atoms with Crippen molar-refractivity contribution in [2.24, 2.45) is 5.10 Å². The van der Waals surface area contributed by atoms with Gasteiger partial charge >= 0.3 is 6.03 Å². The van der Waals surface area contributed by atoms with Gasteiger partial charge in [0.25, 0.3) is 5.91 Å². The Balaban J connectivity index is 1.39. The number of hydrogen-bond acceptors (Lipinski definition) is 7. The fourth-order valence-corrected chi connectivity index (χ4v) is 4.82. The van der Waals surface area contributed by atoms with Crippen LogP contribution >= 0.6 is 0 Å². The zero-order valence-electron chi connectivity index (χ0n) is 21.4. The van der Waals surface area contributed by atoms with Gasteiger partial charge in [0.15, 0.2) is 11.5 Å². The minimum atomic E-state index is -0.484. The number of fused-ring (bicyclic) bond motifs is 1. The Morgan fingerprint density at radius 2 is 1.92 bits per heavy atom. The zero-order chi connectivity index (χ0) is 26.5. The Morgan fingerprint density at radius 3 is 2.71 bits per heavy atom. The summed E-state index contributed by atoms with van der Waals surface area (Å²) in [5, 5.41) is 8.76. The minimum absolute atomic E-state index is 0.133. The number of morpholine rings is 1. The zero-order valence-corrected chi connectivity index (χ0v) is 21.4. The number of carbonyl (C=O) groups is 2. The molecule has 0 spiro atoms. The Morgan fingerprint density at radius 1 is 1.13 bits per heavy atom. The van der Waals surface area contributed by atoms with E-state index in [9.17, 15) is 14.0 Å². The Bertz CT molecular complexity index is 1200. The van der Waals surface area contributed by atoms with E-state index in [-0.39, 0.29) is 25.3 Å². The molecule has 1 atom stereocenters. The maximum Gasteiger partial charge on any atom is 0.317 e. The van der Waals surface area contributed by atoms with Crippen LogP contribution in [0, 0.1) is 5.82 Å². The molecular weight excluding hydrogens is 493 g/mol. The predicted octanol–water partition coefficient (Wildman–Crippen LogP) is 2.60. The van der Waals surface area contributed by atoms with Crippen molar-refractivity contribution in [3.63, 3.8) is 0 Å². The second kappa shape index (κ2) is 11.8. The van der Waals surface area contributed by atoms with Gasteiger partial charge in [-0.05, 0) is 30.7 Å². The first kappa shape index (κ1) is 25.9. The summed E-state index contributed by atoms with van der Waals surface area (Å²) in [6, 6.07) is 11.1. The van der Waals surface area contributed by atoms with E-state index in [1.165, 1.54) is 16.0 Å². The standard InChI is InChI=1S/C27H32FN5O5/c1-2-29-27(35)32(10-9-31-11-13-36-14-12-31)17-26(34)33-23(19-7-8-24-25(15-19)38-18-37-24)16-22(30-33)20-5-3-4-6-21(20)28/h3-8,15,23H,2,9-14,16-18H2,1H3,(H,29,35). The van der Waals surface area contributed by atoms with Gasteiger partial charge in [0.05, 0.1) is 25.0 Å². The highest BCUT2D eigenvalue weighted by molar-refractivity contribution is 6.03. The minimum Gasteiger partial charge on any atom is -0.454 e. The molecular formula is C27H32FN5O5. The van der Waals surface area contributed by atoms with E-state index >= 15 is 0 Å². The van der Waals surface area contributed by atoms with Gasteiger partial charge in [0.1, 0.15) is 12.4 Å². The largest absolute Gasteiger partial charge is 0.454 e. The van der Waals surface area contributed by atoms with E-state index < -0.39 is 11.9 Å². The third-order valence-corrected chi connectivity index (χ3v) is 6.86. The maximum absolute atomic E-state index is 14.7. The molecule has 1 N–H and O–H groups in total. The average molecular weight is 526 g/mol. The number of urea groups is 1. The molecule has 0 saturated carbocycles. The number of halogens is 1. The van der Waals surface area contributed by atoms with Crippen molar-refractivity contribution in [1.29, 1.82) is 0 Å². The van der Waals surface area contributed by atoms with E-state index in [1.54, 1.807) is 24.3 Å². The lowest BCUT2D eigenvalue weighted by Crippen LogP contribution is -2.49. The molecule has 38 heavy (non-hydrogen) atoms. The van der Waals surface area contributed by atoms with Crippen LogP contribution < -0.4 is 14.8 Å². The Kier molecular flexibility index (Phi) is 8.04. The number of carbonyl (C=O) groups excluding carboxylic acids is 2. The number of benzene rings is 2. The highest BCUT2D eigenvalue weighted by Crippen LogP contribution is 2.39. The third kappa shape index (κ3) is 5.73. The molecule has 10 nitrogen and oxygen atoms in total. The molecule has 0 bridgehead atoms. The molecule has 202 valence electrons. The number of rotatable bonds is 8. The maximum atomic E-state index is 14.7. The van der Waals surface area contributed by atoms with Crippen LogP contribution in [0.2, 0.25) is 0 Å². The van der Waals surface area contributed by atoms with Crippen molar-refractivity contribution in [3.8, 4) is 11.5 Å². The smallest absolute Gasteiger partial charge is 0.317 e. The summed E-state index contributed by atoms with van der Waals surface area (Å²) in [5.41, 5.74) is 1.61. The van der Waals surface area contributed by atoms with E-state index in [1.807, 2.05) is 19.1 Å². The summed E-state index contributed by atoms with van der Waals surface area (Å²) in [4.78, 5) is 30.3. The molecule has 1 saturated heterocycles. The van der Waals surface area contributed by atoms with Crippen LogP contribution in [0.4, 0.5) is 9.18 Å². The van der Waals surface area contributed by atoms with Gasteiger partial charge in [-0.3, -0.25) is 9.69 Å². The number of nitrogens with zero attached hydrogens (tertiary/aromatic N) is 4. The van der Waals surface area contributed by atoms with Crippen molar-refractivity contribution in [2.45, 2.75) is 19.4 Å². The summed E-state index contributed by atoms with van der Waals surface area (Å²) >= 11 is 0. The predicted molar refractivity (Wildman–Crippen MR) is 138 cm³/mol. The number of hydrogen-bond donors (Lipinski definition) is 1. The normalized spacial score (nSPS) is 18.8. The first-order valence-corrected chi connectivity index (χ1v) is 12.9. The monoisotopic (exact) mass is 525 g/mol. The lowest BCUT2D eigenvalue weighted by Gasteiger charge is -2.31. The van der Waals surface area contributed by atoms with E-state index in [2.05, 4.69) is 15.3 Å². The number of hydrazone groups is 1. The van der Waals surface area contributed by atoms with Gasteiger partial charge in [-0.2, -0.15) is 5.10 Å². The van der Waals surface area contributed by atoms with Crippen LogP contribution in [0.3, 0.4) is 0 Å². The third-order valence-electron chi connectivity index (χ3n) is 6.86. The molecule has 3 amide bonds. The van der Waals surface area contributed by atoms with E-state index in [0.717, 1.165) is 18.7 Å². The summed E-state index contributed by atoms with van der Waals surface area (Å²) < 4.78 is 31.0. The number of amides is 3. The van der Waals surface area contributed by atoms with Gasteiger partial charge in [0.2, 0.25) is 6.79 Å². The van der Waals surface area contributed by atoms with Crippen molar-refractivity contribution in [3.05, 3.63) is 59.4 Å².